The van der Waals surface area contributed by atoms with Crippen LogP contribution in [-0.4, -0.2) is 9.38 Å². The molecule has 7 aromatic rings. The molecule has 0 aliphatic carbocycles. The molecule has 0 radical (unpaired) electrons. The molecule has 0 fully saturated rings. The summed E-state index contributed by atoms with van der Waals surface area (Å²) in [6, 6.07) is 28.4. The molecule has 2 heteroatoms. The number of hydrogen-bond donors (Lipinski definition) is 0. The average Bonchev–Trinajstić information content (AvgIpc) is 3.08. The molecule has 0 atom stereocenters. The van der Waals surface area contributed by atoms with Crippen molar-refractivity contribution in [1.82, 2.24) is 9.38 Å². The molecule has 0 N–H and O–H groups in total. The first-order valence-corrected chi connectivity index (χ1v) is 9.25. The fourth-order valence-electron chi connectivity index (χ4n) is 4.87. The maximum Gasteiger partial charge on any atom is 0.0822 e. The Kier molecular flexibility index (Phi) is 2.28. The van der Waals surface area contributed by atoms with Gasteiger partial charge in [-0.15, -0.1) is 0 Å². The maximum atomic E-state index is 4.83. The monoisotopic (exact) mass is 342 g/mol. The van der Waals surface area contributed by atoms with Crippen LogP contribution >= 0.6 is 0 Å². The van der Waals surface area contributed by atoms with Crippen LogP contribution in [0.4, 0.5) is 0 Å². The lowest BCUT2D eigenvalue weighted by Crippen LogP contribution is -1.94. The molecule has 0 unspecified atom stereocenters. The third-order valence-electron chi connectivity index (χ3n) is 5.93. The van der Waals surface area contributed by atoms with Crippen molar-refractivity contribution in [3.8, 4) is 0 Å². The number of benzene rings is 4. The zero-order chi connectivity index (χ0) is 17.5. The summed E-state index contributed by atoms with van der Waals surface area (Å²) in [4.78, 5) is 4.83. The van der Waals surface area contributed by atoms with Crippen molar-refractivity contribution in [2.24, 2.45) is 0 Å². The number of fused-ring (bicyclic) bond motifs is 7. The van der Waals surface area contributed by atoms with E-state index in [4.69, 9.17) is 4.98 Å². The highest BCUT2D eigenvalue weighted by Gasteiger charge is 2.19. The standard InChI is InChI=1S/C25H14N2/c1-2-8-17-16(6-1)14-19-24-22-15(12-13-26-24)7-5-11-21(22)27-20-10-4-3-9-18(20)23(17)25(19)27/h1-14H. The van der Waals surface area contributed by atoms with Crippen LogP contribution in [0.25, 0.3) is 59.8 Å². The van der Waals surface area contributed by atoms with Gasteiger partial charge < -0.3 is 4.40 Å². The number of nitrogens with zero attached hydrogens (tertiary/aromatic N) is 2. The molecular formula is C25H14N2. The van der Waals surface area contributed by atoms with E-state index in [2.05, 4.69) is 83.3 Å². The molecule has 0 amide bonds. The molecule has 0 saturated carbocycles. The van der Waals surface area contributed by atoms with E-state index >= 15 is 0 Å². The van der Waals surface area contributed by atoms with Gasteiger partial charge in [0.1, 0.15) is 0 Å². The summed E-state index contributed by atoms with van der Waals surface area (Å²) in [5.41, 5.74) is 4.85. The first-order chi connectivity index (χ1) is 13.4. The maximum absolute atomic E-state index is 4.83. The molecule has 3 heterocycles. The minimum atomic E-state index is 1.09. The van der Waals surface area contributed by atoms with Crippen LogP contribution in [0.5, 0.6) is 0 Å². The van der Waals surface area contributed by atoms with Crippen molar-refractivity contribution in [1.29, 1.82) is 0 Å². The Labute approximate surface area is 154 Å². The SMILES string of the molecule is c1ccc2c(c1)cc1c3nccc4cccc(c43)n3c4ccccc4c2c13. The summed E-state index contributed by atoms with van der Waals surface area (Å²) in [7, 11) is 0. The van der Waals surface area contributed by atoms with Gasteiger partial charge in [0.25, 0.3) is 0 Å². The predicted octanol–water partition coefficient (Wildman–Crippen LogP) is 6.54. The second kappa shape index (κ2) is 4.54. The molecule has 0 saturated heterocycles. The Morgan fingerprint density at radius 3 is 2.33 bits per heavy atom. The van der Waals surface area contributed by atoms with Crippen molar-refractivity contribution >= 4 is 59.8 Å². The van der Waals surface area contributed by atoms with E-state index in [1.807, 2.05) is 6.20 Å². The number of aromatic nitrogens is 2. The van der Waals surface area contributed by atoms with Crippen LogP contribution in [0, 0.1) is 0 Å². The lowest BCUT2D eigenvalue weighted by Gasteiger charge is -2.13. The molecule has 0 spiro atoms. The highest BCUT2D eigenvalue weighted by molar-refractivity contribution is 6.32. The topological polar surface area (TPSA) is 17.3 Å². The normalized spacial score (nSPS) is 12.4. The Hall–Kier alpha value is -3.65. The number of rotatable bonds is 0. The van der Waals surface area contributed by atoms with Gasteiger partial charge in [0.2, 0.25) is 0 Å². The Bertz CT molecular complexity index is 1670. The minimum absolute atomic E-state index is 1.09. The van der Waals surface area contributed by atoms with Crippen LogP contribution in [0.15, 0.2) is 85.1 Å². The highest BCUT2D eigenvalue weighted by Crippen LogP contribution is 2.42. The number of pyridine rings is 2. The highest BCUT2D eigenvalue weighted by atomic mass is 14.9. The van der Waals surface area contributed by atoms with Crippen molar-refractivity contribution in [3.63, 3.8) is 0 Å². The average molecular weight is 342 g/mol. The molecule has 7 rings (SSSR count). The fraction of sp³-hybridized carbons (Fsp3) is 0. The molecule has 0 aliphatic heterocycles. The van der Waals surface area contributed by atoms with Crippen LogP contribution < -0.4 is 0 Å². The van der Waals surface area contributed by atoms with E-state index in [1.54, 1.807) is 0 Å². The number of hydrogen-bond acceptors (Lipinski definition) is 1. The zero-order valence-electron chi connectivity index (χ0n) is 14.5. The molecule has 0 bridgehead atoms. The zero-order valence-corrected chi connectivity index (χ0v) is 14.5. The lowest BCUT2D eigenvalue weighted by molar-refractivity contribution is 1.34. The van der Waals surface area contributed by atoms with Crippen molar-refractivity contribution < 1.29 is 0 Å². The summed E-state index contributed by atoms with van der Waals surface area (Å²) in [6.07, 6.45) is 1.93. The first-order valence-electron chi connectivity index (χ1n) is 9.25. The summed E-state index contributed by atoms with van der Waals surface area (Å²) in [6.45, 7) is 0. The van der Waals surface area contributed by atoms with E-state index in [0.717, 1.165) is 5.52 Å². The second-order valence-corrected chi connectivity index (χ2v) is 7.26. The third kappa shape index (κ3) is 1.51. The fourth-order valence-corrected chi connectivity index (χ4v) is 4.87. The quantitative estimate of drug-likeness (QED) is 0.226. The van der Waals surface area contributed by atoms with Crippen molar-refractivity contribution in [2.75, 3.05) is 0 Å². The number of para-hydroxylation sites is 1. The summed E-state index contributed by atoms with van der Waals surface area (Å²) >= 11 is 0. The van der Waals surface area contributed by atoms with Gasteiger partial charge in [-0.1, -0.05) is 54.6 Å². The largest absolute Gasteiger partial charge is 0.308 e. The smallest absolute Gasteiger partial charge is 0.0822 e. The van der Waals surface area contributed by atoms with Crippen LogP contribution in [0.2, 0.25) is 0 Å². The molecule has 0 aliphatic rings. The third-order valence-corrected chi connectivity index (χ3v) is 5.93. The Balaban J connectivity index is 2.02. The molecule has 27 heavy (non-hydrogen) atoms. The predicted molar refractivity (Wildman–Crippen MR) is 114 cm³/mol. The van der Waals surface area contributed by atoms with Crippen LogP contribution in [0.3, 0.4) is 0 Å². The molecular weight excluding hydrogens is 328 g/mol. The summed E-state index contributed by atoms with van der Waals surface area (Å²) in [5, 5.41) is 8.90. The van der Waals surface area contributed by atoms with Crippen molar-refractivity contribution in [3.05, 3.63) is 85.1 Å². The Morgan fingerprint density at radius 2 is 1.37 bits per heavy atom. The van der Waals surface area contributed by atoms with E-state index < -0.39 is 0 Å². The molecule has 2 nitrogen and oxygen atoms in total. The lowest BCUT2D eigenvalue weighted by atomic mass is 9.98. The van der Waals surface area contributed by atoms with Crippen molar-refractivity contribution in [2.45, 2.75) is 0 Å². The molecule has 3 aromatic heterocycles. The van der Waals surface area contributed by atoms with E-state index in [1.165, 1.54) is 54.3 Å². The van der Waals surface area contributed by atoms with Crippen LogP contribution in [0.1, 0.15) is 0 Å². The van der Waals surface area contributed by atoms with E-state index in [-0.39, 0.29) is 0 Å². The Morgan fingerprint density at radius 1 is 0.593 bits per heavy atom. The van der Waals surface area contributed by atoms with Gasteiger partial charge in [-0.2, -0.15) is 0 Å². The minimum Gasteiger partial charge on any atom is -0.308 e. The first kappa shape index (κ1) is 13.5. The van der Waals surface area contributed by atoms with E-state index in [0.29, 0.717) is 0 Å². The summed E-state index contributed by atoms with van der Waals surface area (Å²) < 4.78 is 2.43. The van der Waals surface area contributed by atoms with Gasteiger partial charge in [-0.25, -0.2) is 0 Å². The molecule has 4 aromatic carbocycles. The van der Waals surface area contributed by atoms with Gasteiger partial charge in [0.05, 0.1) is 22.1 Å². The van der Waals surface area contributed by atoms with Gasteiger partial charge in [0.15, 0.2) is 0 Å². The van der Waals surface area contributed by atoms with Gasteiger partial charge >= 0.3 is 0 Å². The van der Waals surface area contributed by atoms with Gasteiger partial charge in [0, 0.05) is 27.7 Å². The van der Waals surface area contributed by atoms with Gasteiger partial charge in [-0.05, 0) is 40.4 Å². The van der Waals surface area contributed by atoms with Crippen LogP contribution in [-0.2, 0) is 0 Å². The van der Waals surface area contributed by atoms with E-state index in [9.17, 15) is 0 Å². The second-order valence-electron chi connectivity index (χ2n) is 7.26. The molecule has 124 valence electrons. The summed E-state index contributed by atoms with van der Waals surface area (Å²) in [5.74, 6) is 0. The van der Waals surface area contributed by atoms with Gasteiger partial charge in [-0.3, -0.25) is 4.98 Å².